The van der Waals surface area contributed by atoms with Crippen molar-refractivity contribution in [1.29, 1.82) is 5.26 Å². The van der Waals surface area contributed by atoms with Crippen LogP contribution in [0.4, 0.5) is 10.6 Å². The Bertz CT molecular complexity index is 2660. The number of amides is 1. The van der Waals surface area contributed by atoms with Crippen LogP contribution in [0.1, 0.15) is 80.5 Å². The topological polar surface area (TPSA) is 156 Å². The molecule has 0 spiro atoms. The van der Waals surface area contributed by atoms with Crippen LogP contribution in [0.5, 0.6) is 11.5 Å². The highest BCUT2D eigenvalue weighted by molar-refractivity contribution is 7.44. The van der Waals surface area contributed by atoms with E-state index < -0.39 is 44.3 Å². The van der Waals surface area contributed by atoms with E-state index in [2.05, 4.69) is 73.0 Å². The summed E-state index contributed by atoms with van der Waals surface area (Å²) in [5, 5.41) is 12.1. The summed E-state index contributed by atoms with van der Waals surface area (Å²) in [5.74, 6) is 1.28. The second kappa shape index (κ2) is 22.3. The van der Waals surface area contributed by atoms with E-state index in [1.165, 1.54) is 10.6 Å². The van der Waals surface area contributed by atoms with Crippen molar-refractivity contribution < 1.29 is 37.5 Å². The number of ether oxygens (including phenoxy) is 5. The van der Waals surface area contributed by atoms with Crippen molar-refractivity contribution in [3.8, 4) is 28.7 Å². The van der Waals surface area contributed by atoms with E-state index in [0.29, 0.717) is 11.5 Å². The largest absolute Gasteiger partial charge is 0.497 e. The molecule has 6 aromatic rings. The molecule has 5 aromatic carbocycles. The van der Waals surface area contributed by atoms with Gasteiger partial charge < -0.3 is 32.7 Å². The SMILES string of the molecule is COc1ccc(C(OC[C@H]2OC(n3ccc(NC(=O)OCC4c5ccccc5-c5ccccc54)nc3=O)C[C@@H]2OP(OCCC#N)N(C(C)C)C(C)C)(c2ccccc2)c2ccc(OC)cc2)cc1. The first-order valence-corrected chi connectivity index (χ1v) is 24.3. The molecule has 1 saturated heterocycles. The predicted octanol–water partition coefficient (Wildman–Crippen LogP) is 10.6. The Labute approximate surface area is 404 Å². The van der Waals surface area contributed by atoms with Gasteiger partial charge >= 0.3 is 11.8 Å². The zero-order chi connectivity index (χ0) is 48.5. The van der Waals surface area contributed by atoms with Gasteiger partial charge in [0.1, 0.15) is 41.9 Å². The molecule has 1 aliphatic carbocycles. The van der Waals surface area contributed by atoms with Gasteiger partial charge in [0.05, 0.1) is 46.0 Å². The zero-order valence-electron chi connectivity index (χ0n) is 39.7. The van der Waals surface area contributed by atoms with E-state index in [1.54, 1.807) is 20.4 Å². The molecule has 14 nitrogen and oxygen atoms in total. The Morgan fingerprint density at radius 1 is 0.812 bits per heavy atom. The Morgan fingerprint density at radius 3 is 1.93 bits per heavy atom. The molecule has 0 saturated carbocycles. The van der Waals surface area contributed by atoms with Crippen LogP contribution in [-0.4, -0.2) is 78.6 Å². The highest BCUT2D eigenvalue weighted by atomic mass is 31.2. The van der Waals surface area contributed by atoms with Crippen molar-refractivity contribution in [2.45, 2.75) is 82.6 Å². The maximum absolute atomic E-state index is 14.0. The van der Waals surface area contributed by atoms with E-state index in [-0.39, 0.29) is 56.5 Å². The van der Waals surface area contributed by atoms with Crippen LogP contribution in [0.3, 0.4) is 0 Å². The van der Waals surface area contributed by atoms with Crippen molar-refractivity contribution >= 4 is 20.4 Å². The number of rotatable bonds is 20. The fourth-order valence-corrected chi connectivity index (χ4v) is 11.0. The van der Waals surface area contributed by atoms with Gasteiger partial charge in [0.15, 0.2) is 0 Å². The molecular weight excluding hydrogens is 894 g/mol. The molecule has 0 radical (unpaired) electrons. The summed E-state index contributed by atoms with van der Waals surface area (Å²) in [7, 11) is 1.53. The minimum Gasteiger partial charge on any atom is -0.497 e. The molecule has 2 aliphatic rings. The van der Waals surface area contributed by atoms with Crippen molar-refractivity contribution in [3.63, 3.8) is 0 Å². The van der Waals surface area contributed by atoms with Crippen LogP contribution in [0, 0.1) is 11.3 Å². The Hall–Kier alpha value is -6.43. The molecule has 1 amide bonds. The highest BCUT2D eigenvalue weighted by Gasteiger charge is 2.45. The molecule has 0 bridgehead atoms. The highest BCUT2D eigenvalue weighted by Crippen LogP contribution is 2.51. The Balaban J connectivity index is 1.08. The first kappa shape index (κ1) is 49.0. The molecule has 2 heterocycles. The predicted molar refractivity (Wildman–Crippen MR) is 264 cm³/mol. The number of aromatic nitrogens is 2. The van der Waals surface area contributed by atoms with Crippen LogP contribution >= 0.6 is 8.53 Å². The molecule has 69 heavy (non-hydrogen) atoms. The van der Waals surface area contributed by atoms with Crippen molar-refractivity contribution in [3.05, 3.63) is 178 Å². The van der Waals surface area contributed by atoms with Crippen LogP contribution in [-0.2, 0) is 28.9 Å². The molecule has 1 fully saturated rings. The molecule has 4 atom stereocenters. The van der Waals surface area contributed by atoms with Crippen molar-refractivity contribution in [2.24, 2.45) is 0 Å². The van der Waals surface area contributed by atoms with Crippen molar-refractivity contribution in [2.75, 3.05) is 39.4 Å². The molecule has 1 N–H and O–H groups in total. The van der Waals surface area contributed by atoms with Gasteiger partial charge in [-0.15, -0.1) is 0 Å². The number of nitrogens with zero attached hydrogens (tertiary/aromatic N) is 4. The van der Waals surface area contributed by atoms with Gasteiger partial charge in [-0.25, -0.2) is 14.3 Å². The van der Waals surface area contributed by atoms with E-state index in [0.717, 1.165) is 38.9 Å². The van der Waals surface area contributed by atoms with Gasteiger partial charge in [-0.05, 0) is 97.0 Å². The Kier molecular flexibility index (Phi) is 15.9. The summed E-state index contributed by atoms with van der Waals surface area (Å²) >= 11 is 0. The second-order valence-electron chi connectivity index (χ2n) is 17.3. The summed E-state index contributed by atoms with van der Waals surface area (Å²) in [4.78, 5) is 31.4. The van der Waals surface area contributed by atoms with Gasteiger partial charge in [-0.1, -0.05) is 103 Å². The van der Waals surface area contributed by atoms with E-state index in [4.69, 9.17) is 32.7 Å². The number of methoxy groups -OCH3 is 2. The number of carbonyl (C=O) groups excluding carboxylic acids is 1. The number of anilines is 1. The van der Waals surface area contributed by atoms with E-state index in [9.17, 15) is 14.9 Å². The first-order valence-electron chi connectivity index (χ1n) is 23.1. The maximum Gasteiger partial charge on any atom is 0.412 e. The fraction of sp³-hybridized carbons (Fsp3) is 0.333. The minimum absolute atomic E-state index is 0.00243. The number of nitrogens with one attached hydrogen (secondary N) is 1. The fourth-order valence-electron chi connectivity index (χ4n) is 9.26. The molecule has 8 rings (SSSR count). The molecule has 1 aromatic heterocycles. The average molecular weight is 952 g/mol. The third-order valence-corrected chi connectivity index (χ3v) is 14.6. The van der Waals surface area contributed by atoms with Gasteiger partial charge in [-0.3, -0.25) is 9.88 Å². The number of nitriles is 1. The van der Waals surface area contributed by atoms with Crippen molar-refractivity contribution in [1.82, 2.24) is 14.2 Å². The van der Waals surface area contributed by atoms with Crippen LogP contribution in [0.15, 0.2) is 144 Å². The summed E-state index contributed by atoms with van der Waals surface area (Å²) in [6.45, 7) is 8.56. The lowest BCUT2D eigenvalue weighted by Crippen LogP contribution is -2.39. The summed E-state index contributed by atoms with van der Waals surface area (Å²) in [6.07, 6.45) is -1.03. The average Bonchev–Trinajstić information content (AvgIpc) is 3.91. The quantitative estimate of drug-likeness (QED) is 0.0440. The number of fused-ring (bicyclic) bond motifs is 3. The van der Waals surface area contributed by atoms with Gasteiger partial charge in [0.2, 0.25) is 0 Å². The van der Waals surface area contributed by atoms with E-state index in [1.807, 2.05) is 103 Å². The van der Waals surface area contributed by atoms with E-state index >= 15 is 0 Å². The standard InChI is InChI=1S/C54H58N5O9P/c1-36(2)59(37(3)4)69(66-32-14-30-55)68-48-33-51(58-31-29-50(56-52(58)60)57-53(61)64-34-47-45-19-12-10-17-43(45)44-18-11-13-20-46(44)47)67-49(48)35-65-54(38-15-8-7-9-16-38,39-21-25-41(62-5)26-22-39)40-23-27-42(63-6)28-24-40/h7-13,15-29,31,36-37,47-49,51H,14,32-35H2,1-6H3,(H,56,57,60,61)/t48-,49+,51?,69?/m0/s1. The molecule has 1 aliphatic heterocycles. The number of hydrogen-bond donors (Lipinski definition) is 1. The third kappa shape index (κ3) is 10.7. The molecule has 2 unspecified atom stereocenters. The Morgan fingerprint density at radius 2 is 1.38 bits per heavy atom. The maximum atomic E-state index is 14.0. The first-order chi connectivity index (χ1) is 33.5. The second-order valence-corrected chi connectivity index (χ2v) is 18.7. The summed E-state index contributed by atoms with van der Waals surface area (Å²) < 4.78 is 47.9. The van der Waals surface area contributed by atoms with Gasteiger partial charge in [0, 0.05) is 30.6 Å². The molecule has 358 valence electrons. The normalized spacial score (nSPS) is 17.1. The summed E-state index contributed by atoms with van der Waals surface area (Å²) in [6, 6.07) is 45.5. The van der Waals surface area contributed by atoms with Crippen LogP contribution in [0.2, 0.25) is 0 Å². The smallest absolute Gasteiger partial charge is 0.412 e. The lowest BCUT2D eigenvalue weighted by Gasteiger charge is -2.39. The zero-order valence-corrected chi connectivity index (χ0v) is 40.6. The molecule has 15 heteroatoms. The molecular formula is C54H58N5O9P. The minimum atomic E-state index is -1.73. The lowest BCUT2D eigenvalue weighted by molar-refractivity contribution is -0.0925. The summed E-state index contributed by atoms with van der Waals surface area (Å²) in [5.41, 5.74) is 5.12. The monoisotopic (exact) mass is 951 g/mol. The number of hydrogen-bond acceptors (Lipinski definition) is 12. The van der Waals surface area contributed by atoms with Gasteiger partial charge in [-0.2, -0.15) is 10.2 Å². The number of benzene rings is 5. The number of carbonyl (C=O) groups is 1. The van der Waals surface area contributed by atoms with Gasteiger partial charge in [0.25, 0.3) is 8.53 Å². The van der Waals surface area contributed by atoms with Crippen LogP contribution in [0.25, 0.3) is 11.1 Å². The van der Waals surface area contributed by atoms with Crippen LogP contribution < -0.4 is 20.5 Å². The third-order valence-electron chi connectivity index (χ3n) is 12.4. The lowest BCUT2D eigenvalue weighted by atomic mass is 9.80.